The van der Waals surface area contributed by atoms with Gasteiger partial charge in [-0.1, -0.05) is 36.2 Å². The molecular weight excluding hydrogens is 467 g/mol. The zero-order chi connectivity index (χ0) is 24.4. The lowest BCUT2D eigenvalue weighted by atomic mass is 9.91. The van der Waals surface area contributed by atoms with Crippen LogP contribution in [0.15, 0.2) is 30.3 Å². The highest BCUT2D eigenvalue weighted by Gasteiger charge is 2.21. The maximum absolute atomic E-state index is 12.8. The van der Waals surface area contributed by atoms with Gasteiger partial charge in [0, 0.05) is 24.8 Å². The average molecular weight is 499 g/mol. The van der Waals surface area contributed by atoms with Gasteiger partial charge in [0.1, 0.15) is 0 Å². The number of urea groups is 1. The highest BCUT2D eigenvalue weighted by atomic mass is 35.5. The Hall–Kier alpha value is -2.35. The maximum Gasteiger partial charge on any atom is 0.319 e. The van der Waals surface area contributed by atoms with Crippen molar-refractivity contribution in [2.75, 3.05) is 33.3 Å². The number of hydrogen-bond acceptors (Lipinski definition) is 5. The fourth-order valence-electron chi connectivity index (χ4n) is 3.59. The van der Waals surface area contributed by atoms with Gasteiger partial charge in [0.15, 0.2) is 11.5 Å². The van der Waals surface area contributed by atoms with Crippen LogP contribution in [0.1, 0.15) is 31.7 Å². The summed E-state index contributed by atoms with van der Waals surface area (Å²) in [6.45, 7) is 2.14. The molecule has 2 rings (SSSR count). The molecular formula is C24H32Cl2N2O5. The minimum Gasteiger partial charge on any atom is -0.493 e. The van der Waals surface area contributed by atoms with Crippen LogP contribution >= 0.6 is 23.2 Å². The number of rotatable bonds is 12. The molecule has 0 aromatic heterocycles. The Balaban J connectivity index is 2.06. The summed E-state index contributed by atoms with van der Waals surface area (Å²) in [6.07, 6.45) is 2.87. The lowest BCUT2D eigenvalue weighted by Crippen LogP contribution is -2.42. The fourth-order valence-corrected chi connectivity index (χ4v) is 3.91. The van der Waals surface area contributed by atoms with E-state index in [4.69, 9.17) is 37.4 Å². The SMILES string of the molecule is COc1cc(NC(=O)NC(CCCO)C(C)CCc2ccc(Cl)c(Cl)c2)cc(OC)c1OC. The van der Waals surface area contributed by atoms with Gasteiger partial charge in [0.25, 0.3) is 0 Å². The molecule has 0 radical (unpaired) electrons. The van der Waals surface area contributed by atoms with E-state index in [0.29, 0.717) is 45.8 Å². The monoisotopic (exact) mass is 498 g/mol. The molecule has 0 saturated heterocycles. The summed E-state index contributed by atoms with van der Waals surface area (Å²) in [5, 5.41) is 16.2. The summed E-state index contributed by atoms with van der Waals surface area (Å²) in [7, 11) is 4.55. The van der Waals surface area contributed by atoms with E-state index >= 15 is 0 Å². The molecule has 7 nitrogen and oxygen atoms in total. The lowest BCUT2D eigenvalue weighted by Gasteiger charge is -2.25. The number of aryl methyl sites for hydroxylation is 1. The van der Waals surface area contributed by atoms with Crippen molar-refractivity contribution in [2.24, 2.45) is 5.92 Å². The van der Waals surface area contributed by atoms with Gasteiger partial charge in [-0.15, -0.1) is 0 Å². The number of methoxy groups -OCH3 is 3. The molecule has 0 saturated carbocycles. The molecule has 3 N–H and O–H groups in total. The Morgan fingerprint density at radius 3 is 2.21 bits per heavy atom. The van der Waals surface area contributed by atoms with Gasteiger partial charge in [-0.2, -0.15) is 0 Å². The molecule has 0 fully saturated rings. The second kappa shape index (κ2) is 13.4. The molecule has 2 aromatic rings. The third kappa shape index (κ3) is 7.88. The van der Waals surface area contributed by atoms with E-state index in [-0.39, 0.29) is 24.6 Å². The van der Waals surface area contributed by atoms with Crippen LogP contribution in [-0.2, 0) is 6.42 Å². The molecule has 0 bridgehead atoms. The summed E-state index contributed by atoms with van der Waals surface area (Å²) in [4.78, 5) is 12.8. The maximum atomic E-state index is 12.8. The quantitative estimate of drug-likeness (QED) is 0.356. The first-order valence-corrected chi connectivity index (χ1v) is 11.5. The smallest absolute Gasteiger partial charge is 0.319 e. The first kappa shape index (κ1) is 26.9. The molecule has 0 heterocycles. The topological polar surface area (TPSA) is 89.1 Å². The third-order valence-corrected chi connectivity index (χ3v) is 6.21. The molecule has 2 amide bonds. The second-order valence-electron chi connectivity index (χ2n) is 7.75. The minimum absolute atomic E-state index is 0.0617. The van der Waals surface area contributed by atoms with E-state index in [1.165, 1.54) is 21.3 Å². The van der Waals surface area contributed by atoms with Crippen LogP contribution in [0.4, 0.5) is 10.5 Å². The van der Waals surface area contributed by atoms with E-state index < -0.39 is 0 Å². The van der Waals surface area contributed by atoms with Crippen molar-refractivity contribution in [2.45, 2.75) is 38.6 Å². The van der Waals surface area contributed by atoms with Crippen LogP contribution < -0.4 is 24.8 Å². The van der Waals surface area contributed by atoms with Crippen LogP contribution in [0.5, 0.6) is 17.2 Å². The first-order valence-electron chi connectivity index (χ1n) is 10.7. The van der Waals surface area contributed by atoms with E-state index in [9.17, 15) is 9.90 Å². The number of halogens is 2. The number of aliphatic hydroxyl groups is 1. The highest BCUT2D eigenvalue weighted by Crippen LogP contribution is 2.39. The normalized spacial score (nSPS) is 12.6. The standard InChI is InChI=1S/C24H32Cl2N2O5/c1-15(7-8-16-9-10-18(25)19(26)12-16)20(6-5-11-29)28-24(30)27-17-13-21(31-2)23(33-4)22(14-17)32-3/h9-10,12-15,20,29H,5-8,11H2,1-4H3,(H2,27,28,30). The number of aliphatic hydroxyl groups excluding tert-OH is 1. The molecule has 182 valence electrons. The van der Waals surface area contributed by atoms with E-state index in [1.807, 2.05) is 12.1 Å². The summed E-state index contributed by atoms with van der Waals surface area (Å²) >= 11 is 12.1. The molecule has 2 atom stereocenters. The summed E-state index contributed by atoms with van der Waals surface area (Å²) in [5.74, 6) is 1.50. The third-order valence-electron chi connectivity index (χ3n) is 5.47. The van der Waals surface area contributed by atoms with E-state index in [0.717, 1.165) is 18.4 Å². The molecule has 0 spiro atoms. The summed E-state index contributed by atoms with van der Waals surface area (Å²) < 4.78 is 16.0. The van der Waals surface area contributed by atoms with E-state index in [2.05, 4.69) is 17.6 Å². The number of anilines is 1. The molecule has 9 heteroatoms. The zero-order valence-electron chi connectivity index (χ0n) is 19.4. The number of ether oxygens (including phenoxy) is 3. The number of hydrogen-bond donors (Lipinski definition) is 3. The van der Waals surface area contributed by atoms with Gasteiger partial charge in [-0.25, -0.2) is 4.79 Å². The van der Waals surface area contributed by atoms with Crippen molar-refractivity contribution in [1.82, 2.24) is 5.32 Å². The van der Waals surface area contributed by atoms with Gasteiger partial charge in [-0.3, -0.25) is 0 Å². The van der Waals surface area contributed by atoms with Gasteiger partial charge in [0.2, 0.25) is 5.75 Å². The fraction of sp³-hybridized carbons (Fsp3) is 0.458. The van der Waals surface area contributed by atoms with Crippen molar-refractivity contribution in [1.29, 1.82) is 0 Å². The molecule has 0 aliphatic carbocycles. The van der Waals surface area contributed by atoms with E-state index in [1.54, 1.807) is 18.2 Å². The van der Waals surface area contributed by atoms with Gasteiger partial charge < -0.3 is 30.0 Å². The van der Waals surface area contributed by atoms with Crippen LogP contribution in [-0.4, -0.2) is 45.1 Å². The predicted octanol–water partition coefficient (Wildman–Crippen LogP) is 5.55. The number of carbonyl (C=O) groups excluding carboxylic acids is 1. The summed E-state index contributed by atoms with van der Waals surface area (Å²) in [5.41, 5.74) is 1.59. The second-order valence-corrected chi connectivity index (χ2v) is 8.56. The Morgan fingerprint density at radius 1 is 1.00 bits per heavy atom. The number of carbonyl (C=O) groups is 1. The van der Waals surface area contributed by atoms with Crippen molar-refractivity contribution in [3.05, 3.63) is 45.9 Å². The molecule has 33 heavy (non-hydrogen) atoms. The number of amides is 2. The zero-order valence-corrected chi connectivity index (χ0v) is 20.9. The minimum atomic E-state index is -0.353. The molecule has 2 aromatic carbocycles. The lowest BCUT2D eigenvalue weighted by molar-refractivity contribution is 0.232. The molecule has 0 aliphatic heterocycles. The van der Waals surface area contributed by atoms with Crippen LogP contribution in [0.25, 0.3) is 0 Å². The largest absolute Gasteiger partial charge is 0.493 e. The van der Waals surface area contributed by atoms with Crippen molar-refractivity contribution in [3.8, 4) is 17.2 Å². The first-order chi connectivity index (χ1) is 15.8. The Kier molecular flexibility index (Phi) is 10.9. The van der Waals surface area contributed by atoms with Crippen molar-refractivity contribution < 1.29 is 24.1 Å². The summed E-state index contributed by atoms with van der Waals surface area (Å²) in [6, 6.07) is 8.46. The van der Waals surface area contributed by atoms with Crippen LogP contribution in [0.3, 0.4) is 0 Å². The Morgan fingerprint density at radius 2 is 1.67 bits per heavy atom. The van der Waals surface area contributed by atoms with Crippen LogP contribution in [0, 0.1) is 5.92 Å². The number of benzene rings is 2. The van der Waals surface area contributed by atoms with Gasteiger partial charge in [0.05, 0.1) is 37.1 Å². The van der Waals surface area contributed by atoms with Crippen molar-refractivity contribution >= 4 is 34.9 Å². The highest BCUT2D eigenvalue weighted by molar-refractivity contribution is 6.42. The predicted molar refractivity (Wildman–Crippen MR) is 132 cm³/mol. The van der Waals surface area contributed by atoms with Crippen molar-refractivity contribution in [3.63, 3.8) is 0 Å². The van der Waals surface area contributed by atoms with Gasteiger partial charge >= 0.3 is 6.03 Å². The van der Waals surface area contributed by atoms with Gasteiger partial charge in [-0.05, 0) is 49.3 Å². The molecule has 0 aliphatic rings. The average Bonchev–Trinajstić information content (AvgIpc) is 2.81. The molecule has 2 unspecified atom stereocenters. The Bertz CT molecular complexity index is 901. The number of nitrogens with one attached hydrogen (secondary N) is 2. The Labute approximate surface area is 205 Å². The van der Waals surface area contributed by atoms with Crippen LogP contribution in [0.2, 0.25) is 10.0 Å².